The smallest absolute Gasteiger partial charge is 0.407 e. The van der Waals surface area contributed by atoms with Gasteiger partial charge in [0.2, 0.25) is 0 Å². The molecule has 1 N–H and O–H groups in total. The summed E-state index contributed by atoms with van der Waals surface area (Å²) in [6.07, 6.45) is 7.20. The van der Waals surface area contributed by atoms with Gasteiger partial charge in [-0.2, -0.15) is 0 Å². The van der Waals surface area contributed by atoms with Gasteiger partial charge in [0.15, 0.2) is 0 Å². The van der Waals surface area contributed by atoms with Gasteiger partial charge in [-0.1, -0.05) is 0 Å². The van der Waals surface area contributed by atoms with Crippen molar-refractivity contribution in [3.05, 3.63) is 15.0 Å². The fourth-order valence-corrected chi connectivity index (χ4v) is 5.80. The second-order valence-electron chi connectivity index (χ2n) is 6.72. The van der Waals surface area contributed by atoms with Crippen molar-refractivity contribution < 1.29 is 9.90 Å². The number of rotatable bonds is 3. The maximum absolute atomic E-state index is 11.7. The van der Waals surface area contributed by atoms with Gasteiger partial charge >= 0.3 is 6.09 Å². The SMILES string of the molecule is CC(C)N(C(=O)O)C12CCC(c3ncc(Br)s3)(CC1)CC2. The highest BCUT2D eigenvalue weighted by molar-refractivity contribution is 9.11. The molecular weight excluding hydrogens is 352 g/mol. The minimum Gasteiger partial charge on any atom is -0.465 e. The Morgan fingerprint density at radius 1 is 1.33 bits per heavy atom. The first-order chi connectivity index (χ1) is 9.89. The van der Waals surface area contributed by atoms with E-state index in [9.17, 15) is 9.90 Å². The minimum atomic E-state index is -0.767. The van der Waals surface area contributed by atoms with Crippen LogP contribution in [0.3, 0.4) is 0 Å². The highest BCUT2D eigenvalue weighted by Gasteiger charge is 2.54. The van der Waals surface area contributed by atoms with E-state index in [0.29, 0.717) is 0 Å². The van der Waals surface area contributed by atoms with Crippen LogP contribution in [0.25, 0.3) is 0 Å². The van der Waals surface area contributed by atoms with Crippen LogP contribution in [0.15, 0.2) is 9.98 Å². The number of carbonyl (C=O) groups is 1. The topological polar surface area (TPSA) is 53.4 Å². The summed E-state index contributed by atoms with van der Waals surface area (Å²) < 4.78 is 1.09. The van der Waals surface area contributed by atoms with Crippen LogP contribution >= 0.6 is 27.3 Å². The highest BCUT2D eigenvalue weighted by Crippen LogP contribution is 2.56. The van der Waals surface area contributed by atoms with E-state index in [4.69, 9.17) is 0 Å². The Kier molecular flexibility index (Phi) is 3.81. The van der Waals surface area contributed by atoms with E-state index in [0.717, 1.165) is 42.3 Å². The van der Waals surface area contributed by atoms with Gasteiger partial charge in [-0.05, 0) is 68.3 Å². The van der Waals surface area contributed by atoms with Crippen molar-refractivity contribution >= 4 is 33.4 Å². The lowest BCUT2D eigenvalue weighted by Gasteiger charge is -2.57. The number of hydrogen-bond donors (Lipinski definition) is 1. The zero-order chi connectivity index (χ0) is 15.3. The molecule has 1 aromatic heterocycles. The van der Waals surface area contributed by atoms with Gasteiger partial charge in [-0.15, -0.1) is 11.3 Å². The van der Waals surface area contributed by atoms with Crippen LogP contribution < -0.4 is 0 Å². The van der Waals surface area contributed by atoms with Gasteiger partial charge in [0.25, 0.3) is 0 Å². The molecule has 21 heavy (non-hydrogen) atoms. The summed E-state index contributed by atoms with van der Waals surface area (Å²) in [5.74, 6) is 0. The molecule has 1 amide bonds. The van der Waals surface area contributed by atoms with E-state index in [1.54, 1.807) is 16.2 Å². The Hall–Kier alpha value is -0.620. The van der Waals surface area contributed by atoms with Crippen LogP contribution in [0.1, 0.15) is 57.4 Å². The monoisotopic (exact) mass is 372 g/mol. The second kappa shape index (κ2) is 5.23. The minimum absolute atomic E-state index is 0.0436. The summed E-state index contributed by atoms with van der Waals surface area (Å²) in [6.45, 7) is 3.97. The van der Waals surface area contributed by atoms with Crippen molar-refractivity contribution in [2.75, 3.05) is 0 Å². The van der Waals surface area contributed by atoms with E-state index in [-0.39, 0.29) is 17.0 Å². The molecule has 0 unspecified atom stereocenters. The van der Waals surface area contributed by atoms with Crippen molar-refractivity contribution in [1.29, 1.82) is 0 Å². The van der Waals surface area contributed by atoms with Crippen LogP contribution in [0.4, 0.5) is 4.79 Å². The molecule has 0 aromatic carbocycles. The molecule has 3 aliphatic rings. The number of aromatic nitrogens is 1. The Morgan fingerprint density at radius 3 is 2.29 bits per heavy atom. The van der Waals surface area contributed by atoms with Gasteiger partial charge in [-0.3, -0.25) is 0 Å². The van der Waals surface area contributed by atoms with E-state index >= 15 is 0 Å². The molecule has 3 aliphatic carbocycles. The number of hydrogen-bond acceptors (Lipinski definition) is 3. The maximum atomic E-state index is 11.7. The third-order valence-corrected chi connectivity index (χ3v) is 7.09. The van der Waals surface area contributed by atoms with Crippen molar-refractivity contribution in [3.63, 3.8) is 0 Å². The van der Waals surface area contributed by atoms with Gasteiger partial charge < -0.3 is 10.0 Å². The fraction of sp³-hybridized carbons (Fsp3) is 0.733. The molecule has 4 nitrogen and oxygen atoms in total. The first-order valence-corrected chi connectivity index (χ1v) is 9.14. The normalized spacial score (nSPS) is 31.6. The number of thiazole rings is 1. The molecule has 1 aromatic rings. The molecule has 0 saturated heterocycles. The van der Waals surface area contributed by atoms with Gasteiger partial charge in [0.05, 0.1) is 15.0 Å². The Labute approximate surface area is 137 Å². The first-order valence-electron chi connectivity index (χ1n) is 7.53. The van der Waals surface area contributed by atoms with Crippen molar-refractivity contribution in [2.24, 2.45) is 0 Å². The van der Waals surface area contributed by atoms with E-state index in [2.05, 4.69) is 20.9 Å². The predicted molar refractivity (Wildman–Crippen MR) is 86.9 cm³/mol. The standard InChI is InChI=1S/C15H21BrN2O2S/c1-10(2)18(13(19)20)15-6-3-14(4-7-15,5-8-15)12-17-9-11(16)21-12/h9-10H,3-8H2,1-2H3,(H,19,20). The van der Waals surface area contributed by atoms with Gasteiger partial charge in [0, 0.05) is 17.0 Å². The molecule has 2 bridgehead atoms. The molecule has 4 rings (SSSR count). The van der Waals surface area contributed by atoms with Crippen LogP contribution in [-0.2, 0) is 5.41 Å². The Balaban J connectivity index is 1.85. The lowest BCUT2D eigenvalue weighted by Crippen LogP contribution is -2.61. The summed E-state index contributed by atoms with van der Waals surface area (Å²) in [5.41, 5.74) is 0.0514. The predicted octanol–water partition coefficient (Wildman–Crippen LogP) is 4.64. The molecule has 3 fully saturated rings. The largest absolute Gasteiger partial charge is 0.465 e. The van der Waals surface area contributed by atoms with E-state index in [1.807, 2.05) is 20.0 Å². The van der Waals surface area contributed by atoms with E-state index < -0.39 is 6.09 Å². The van der Waals surface area contributed by atoms with Crippen molar-refractivity contribution in [2.45, 2.75) is 69.4 Å². The molecule has 0 atom stereocenters. The molecular formula is C15H21BrN2O2S. The Morgan fingerprint density at radius 2 is 1.90 bits per heavy atom. The lowest BCUT2D eigenvalue weighted by atomic mass is 9.57. The number of nitrogens with zero attached hydrogens (tertiary/aromatic N) is 2. The van der Waals surface area contributed by atoms with Crippen LogP contribution in [-0.4, -0.2) is 32.7 Å². The quantitative estimate of drug-likeness (QED) is 0.840. The van der Waals surface area contributed by atoms with Crippen LogP contribution in [0, 0.1) is 0 Å². The molecule has 0 aliphatic heterocycles. The summed E-state index contributed by atoms with van der Waals surface area (Å²) in [7, 11) is 0. The summed E-state index contributed by atoms with van der Waals surface area (Å²) in [5, 5.41) is 10.8. The summed E-state index contributed by atoms with van der Waals surface area (Å²) in [6, 6.07) is 0.0436. The second-order valence-corrected chi connectivity index (χ2v) is 9.13. The Bertz CT molecular complexity index is 533. The maximum Gasteiger partial charge on any atom is 0.407 e. The van der Waals surface area contributed by atoms with E-state index in [1.165, 1.54) is 5.01 Å². The average Bonchev–Trinajstić information content (AvgIpc) is 2.87. The molecule has 0 spiro atoms. The molecule has 6 heteroatoms. The summed E-state index contributed by atoms with van der Waals surface area (Å²) in [4.78, 5) is 18.0. The zero-order valence-corrected chi connectivity index (χ0v) is 14.8. The third-order valence-electron chi connectivity index (χ3n) is 5.37. The van der Waals surface area contributed by atoms with Crippen molar-refractivity contribution in [1.82, 2.24) is 9.88 Å². The van der Waals surface area contributed by atoms with Crippen molar-refractivity contribution in [3.8, 4) is 0 Å². The summed E-state index contributed by atoms with van der Waals surface area (Å²) >= 11 is 5.24. The average molecular weight is 373 g/mol. The third kappa shape index (κ3) is 2.40. The number of carboxylic acid groups (broad SMARTS) is 1. The van der Waals surface area contributed by atoms with Crippen LogP contribution in [0.5, 0.6) is 0 Å². The lowest BCUT2D eigenvalue weighted by molar-refractivity contribution is -0.0288. The van der Waals surface area contributed by atoms with Gasteiger partial charge in [0.1, 0.15) is 0 Å². The van der Waals surface area contributed by atoms with Gasteiger partial charge in [-0.25, -0.2) is 9.78 Å². The van der Waals surface area contributed by atoms with Crippen LogP contribution in [0.2, 0.25) is 0 Å². The molecule has 1 heterocycles. The number of fused-ring (bicyclic) bond motifs is 3. The highest BCUT2D eigenvalue weighted by atomic mass is 79.9. The molecule has 3 saturated carbocycles. The number of halogens is 1. The number of amides is 1. The first kappa shape index (κ1) is 15.3. The molecule has 116 valence electrons. The molecule has 0 radical (unpaired) electrons. The fourth-order valence-electron chi connectivity index (χ4n) is 4.32. The zero-order valence-electron chi connectivity index (χ0n) is 12.4.